The van der Waals surface area contributed by atoms with Gasteiger partial charge in [-0.2, -0.15) is 0 Å². The van der Waals surface area contributed by atoms with Crippen LogP contribution in [-0.2, 0) is 19.2 Å². The van der Waals surface area contributed by atoms with Gasteiger partial charge < -0.3 is 31.9 Å². The number of amides is 3. The number of nitrogens with one attached hydrogen (secondary N) is 3. The minimum atomic E-state index is -1.34. The first-order valence-corrected chi connectivity index (χ1v) is 7.99. The number of rotatable bonds is 10. The average molecular weight is 360 g/mol. The van der Waals surface area contributed by atoms with Crippen LogP contribution in [0.3, 0.4) is 0 Å². The molecule has 0 spiro atoms. The number of hydrogen-bond donors (Lipinski definition) is 6. The highest BCUT2D eigenvalue weighted by atomic mass is 16.4. The van der Waals surface area contributed by atoms with Crippen molar-refractivity contribution >= 4 is 23.7 Å². The highest BCUT2D eigenvalue weighted by molar-refractivity contribution is 5.93. The number of aliphatic carboxylic acids is 1. The predicted octanol–water partition coefficient (Wildman–Crippen LogP) is -2.07. The second-order valence-electron chi connectivity index (χ2n) is 6.28. The summed E-state index contributed by atoms with van der Waals surface area (Å²) in [6.07, 6.45) is 0.453. The van der Waals surface area contributed by atoms with Crippen LogP contribution in [0.1, 0.15) is 34.1 Å². The molecule has 3 amide bonds. The lowest BCUT2D eigenvalue weighted by atomic mass is 10.0. The van der Waals surface area contributed by atoms with E-state index in [1.165, 1.54) is 13.8 Å². The third kappa shape index (κ3) is 8.45. The monoisotopic (exact) mass is 360 g/mol. The third-order valence-electron chi connectivity index (χ3n) is 3.36. The molecular formula is C15H28N4O6. The lowest BCUT2D eigenvalue weighted by molar-refractivity contribution is -0.142. The fraction of sp³-hybridized carbons (Fsp3) is 0.733. The quantitative estimate of drug-likeness (QED) is 0.260. The first kappa shape index (κ1) is 22.8. The summed E-state index contributed by atoms with van der Waals surface area (Å²) in [6, 6.07) is -4.25. The first-order valence-electron chi connectivity index (χ1n) is 7.99. The van der Waals surface area contributed by atoms with E-state index < -0.39 is 54.5 Å². The molecule has 0 aliphatic carbocycles. The smallest absolute Gasteiger partial charge is 0.325 e. The number of carboxylic acids is 1. The average Bonchev–Trinajstić information content (AvgIpc) is 2.50. The molecule has 10 nitrogen and oxygen atoms in total. The molecule has 144 valence electrons. The standard InChI is InChI=1S/C15H28N4O6/c1-7(2)5-10(16)13(22)17-8(3)12(21)19-11(6-20)14(23)18-9(4)15(24)25/h7-11,20H,5-6,16H2,1-4H3,(H,17,22)(H,18,23)(H,19,21)(H,24,25). The van der Waals surface area contributed by atoms with Crippen LogP contribution in [0.15, 0.2) is 0 Å². The number of carbonyl (C=O) groups excluding carboxylic acids is 3. The van der Waals surface area contributed by atoms with Crippen molar-refractivity contribution in [2.75, 3.05) is 6.61 Å². The van der Waals surface area contributed by atoms with E-state index in [0.717, 1.165) is 0 Å². The number of aliphatic hydroxyl groups is 1. The Bertz CT molecular complexity index is 496. The normalized spacial score (nSPS) is 15.6. The van der Waals surface area contributed by atoms with Crippen molar-refractivity contribution in [3.05, 3.63) is 0 Å². The summed E-state index contributed by atoms with van der Waals surface area (Å²) < 4.78 is 0. The highest BCUT2D eigenvalue weighted by Crippen LogP contribution is 2.03. The van der Waals surface area contributed by atoms with Gasteiger partial charge in [-0.1, -0.05) is 13.8 Å². The van der Waals surface area contributed by atoms with Crippen molar-refractivity contribution in [1.82, 2.24) is 16.0 Å². The molecule has 0 aliphatic heterocycles. The van der Waals surface area contributed by atoms with Crippen LogP contribution in [0.5, 0.6) is 0 Å². The molecule has 0 rings (SSSR count). The summed E-state index contributed by atoms with van der Waals surface area (Å²) in [7, 11) is 0. The third-order valence-corrected chi connectivity index (χ3v) is 3.36. The van der Waals surface area contributed by atoms with Gasteiger partial charge in [0.1, 0.15) is 18.1 Å². The van der Waals surface area contributed by atoms with Crippen molar-refractivity contribution in [3.63, 3.8) is 0 Å². The van der Waals surface area contributed by atoms with E-state index in [-0.39, 0.29) is 5.92 Å². The van der Waals surface area contributed by atoms with Gasteiger partial charge in [0.2, 0.25) is 17.7 Å². The van der Waals surface area contributed by atoms with Crippen LogP contribution in [0.4, 0.5) is 0 Å². The number of aliphatic hydroxyl groups excluding tert-OH is 1. The van der Waals surface area contributed by atoms with Gasteiger partial charge in [-0.15, -0.1) is 0 Å². The summed E-state index contributed by atoms with van der Waals surface area (Å²) >= 11 is 0. The minimum Gasteiger partial charge on any atom is -0.480 e. The van der Waals surface area contributed by atoms with Crippen LogP contribution in [0, 0.1) is 5.92 Å². The van der Waals surface area contributed by atoms with E-state index in [9.17, 15) is 24.3 Å². The summed E-state index contributed by atoms with van der Waals surface area (Å²) in [6.45, 7) is 5.74. The van der Waals surface area contributed by atoms with Crippen LogP contribution in [-0.4, -0.2) is 64.7 Å². The molecular weight excluding hydrogens is 332 g/mol. The van der Waals surface area contributed by atoms with E-state index in [4.69, 9.17) is 10.8 Å². The molecule has 0 aromatic carbocycles. The van der Waals surface area contributed by atoms with Gasteiger partial charge in [-0.3, -0.25) is 19.2 Å². The molecule has 25 heavy (non-hydrogen) atoms. The number of hydrogen-bond acceptors (Lipinski definition) is 6. The zero-order chi connectivity index (χ0) is 19.7. The Labute approximate surface area is 146 Å². The Morgan fingerprint density at radius 2 is 1.40 bits per heavy atom. The van der Waals surface area contributed by atoms with Crippen molar-refractivity contribution in [3.8, 4) is 0 Å². The second kappa shape index (κ2) is 10.6. The lowest BCUT2D eigenvalue weighted by Gasteiger charge is -2.22. The Kier molecular flexibility index (Phi) is 9.69. The zero-order valence-electron chi connectivity index (χ0n) is 14.9. The maximum Gasteiger partial charge on any atom is 0.325 e. The zero-order valence-corrected chi connectivity index (χ0v) is 14.9. The molecule has 0 aromatic rings. The van der Waals surface area contributed by atoms with E-state index in [0.29, 0.717) is 6.42 Å². The summed E-state index contributed by atoms with van der Waals surface area (Å²) in [5.41, 5.74) is 5.72. The van der Waals surface area contributed by atoms with Gasteiger partial charge in [-0.05, 0) is 26.2 Å². The van der Waals surface area contributed by atoms with Gasteiger partial charge in [-0.25, -0.2) is 0 Å². The molecule has 0 bridgehead atoms. The predicted molar refractivity (Wildman–Crippen MR) is 89.3 cm³/mol. The Balaban J connectivity index is 4.63. The molecule has 0 saturated carbocycles. The van der Waals surface area contributed by atoms with Crippen LogP contribution < -0.4 is 21.7 Å². The van der Waals surface area contributed by atoms with Crippen molar-refractivity contribution in [2.45, 2.75) is 58.3 Å². The maximum absolute atomic E-state index is 12.0. The molecule has 0 aliphatic rings. The van der Waals surface area contributed by atoms with Crippen LogP contribution >= 0.6 is 0 Å². The molecule has 0 saturated heterocycles. The summed E-state index contributed by atoms with van der Waals surface area (Å²) in [5, 5.41) is 24.8. The molecule has 0 radical (unpaired) electrons. The molecule has 4 unspecified atom stereocenters. The fourth-order valence-electron chi connectivity index (χ4n) is 1.87. The van der Waals surface area contributed by atoms with Crippen LogP contribution in [0.2, 0.25) is 0 Å². The van der Waals surface area contributed by atoms with Gasteiger partial charge in [0.05, 0.1) is 12.6 Å². The Hall–Kier alpha value is -2.20. The van der Waals surface area contributed by atoms with E-state index in [2.05, 4.69) is 16.0 Å². The molecule has 0 heterocycles. The van der Waals surface area contributed by atoms with Crippen LogP contribution in [0.25, 0.3) is 0 Å². The van der Waals surface area contributed by atoms with Crippen molar-refractivity contribution in [1.29, 1.82) is 0 Å². The summed E-state index contributed by atoms with van der Waals surface area (Å²) in [4.78, 5) is 46.5. The van der Waals surface area contributed by atoms with Gasteiger partial charge >= 0.3 is 5.97 Å². The lowest BCUT2D eigenvalue weighted by Crippen LogP contribution is -2.57. The first-order chi connectivity index (χ1) is 11.5. The molecule has 4 atom stereocenters. The fourth-order valence-corrected chi connectivity index (χ4v) is 1.87. The van der Waals surface area contributed by atoms with Gasteiger partial charge in [0.15, 0.2) is 0 Å². The SMILES string of the molecule is CC(C)CC(N)C(=O)NC(C)C(=O)NC(CO)C(=O)NC(C)C(=O)O. The van der Waals surface area contributed by atoms with E-state index >= 15 is 0 Å². The molecule has 0 aromatic heterocycles. The van der Waals surface area contributed by atoms with Gasteiger partial charge in [0.25, 0.3) is 0 Å². The maximum atomic E-state index is 12.0. The van der Waals surface area contributed by atoms with Crippen molar-refractivity contribution < 1.29 is 29.4 Å². The highest BCUT2D eigenvalue weighted by Gasteiger charge is 2.27. The van der Waals surface area contributed by atoms with E-state index in [1.54, 1.807) is 0 Å². The number of carbonyl (C=O) groups is 4. The Morgan fingerprint density at radius 1 is 0.880 bits per heavy atom. The summed E-state index contributed by atoms with van der Waals surface area (Å²) in [5.74, 6) is -3.09. The largest absolute Gasteiger partial charge is 0.480 e. The second-order valence-corrected chi connectivity index (χ2v) is 6.28. The Morgan fingerprint density at radius 3 is 1.84 bits per heavy atom. The number of carboxylic acid groups (broad SMARTS) is 1. The topological polar surface area (TPSA) is 171 Å². The van der Waals surface area contributed by atoms with E-state index in [1.807, 2.05) is 13.8 Å². The van der Waals surface area contributed by atoms with Crippen molar-refractivity contribution in [2.24, 2.45) is 11.7 Å². The molecule has 7 N–H and O–H groups in total. The van der Waals surface area contributed by atoms with Gasteiger partial charge in [0, 0.05) is 0 Å². The molecule has 0 fully saturated rings. The molecule has 10 heteroatoms. The number of nitrogens with two attached hydrogens (primary N) is 1. The minimum absolute atomic E-state index is 0.212.